The highest BCUT2D eigenvalue weighted by Gasteiger charge is 2.06. The van der Waals surface area contributed by atoms with E-state index < -0.39 is 0 Å². The van der Waals surface area contributed by atoms with Gasteiger partial charge in [-0.15, -0.1) is 11.3 Å². The molecule has 0 radical (unpaired) electrons. The number of hydrogen-bond acceptors (Lipinski definition) is 3. The van der Waals surface area contributed by atoms with E-state index in [0.29, 0.717) is 6.42 Å². The van der Waals surface area contributed by atoms with Gasteiger partial charge in [-0.25, -0.2) is 0 Å². The smallest absolute Gasteiger partial charge is 0.224 e. The van der Waals surface area contributed by atoms with Crippen molar-refractivity contribution in [1.82, 2.24) is 0 Å². The highest BCUT2D eigenvalue weighted by molar-refractivity contribution is 7.12. The molecule has 2 N–H and O–H groups in total. The molecule has 2 rings (SSSR count). The van der Waals surface area contributed by atoms with Crippen molar-refractivity contribution in [1.29, 1.82) is 0 Å². The van der Waals surface area contributed by atoms with E-state index in [9.17, 15) is 4.79 Å². The highest BCUT2D eigenvalue weighted by atomic mass is 32.1. The average molecular weight is 303 g/mol. The maximum atomic E-state index is 11.9. The van der Waals surface area contributed by atoms with Crippen molar-refractivity contribution in [2.24, 2.45) is 0 Å². The second-order valence-electron chi connectivity index (χ2n) is 5.20. The number of amides is 1. The standard InChI is InChI=1S/C17H21NO2S/c1-12-9-15(13(2)21-12)6-4-8-17(20)18-16-7-3-5-14(10-16)11-19/h3,5,7,9-10,19H,4,6,8,11H2,1-2H3,(H,18,20). The third-order valence-corrected chi connectivity index (χ3v) is 4.40. The van der Waals surface area contributed by atoms with E-state index in [1.165, 1.54) is 15.3 Å². The van der Waals surface area contributed by atoms with Crippen molar-refractivity contribution in [3.63, 3.8) is 0 Å². The van der Waals surface area contributed by atoms with Crippen molar-refractivity contribution < 1.29 is 9.90 Å². The largest absolute Gasteiger partial charge is 0.392 e. The molecular formula is C17H21NO2S. The SMILES string of the molecule is Cc1cc(CCCC(=O)Nc2cccc(CO)c2)c(C)s1. The number of nitrogens with one attached hydrogen (secondary N) is 1. The minimum absolute atomic E-state index is 0.0134. The molecule has 1 aromatic heterocycles. The van der Waals surface area contributed by atoms with E-state index in [-0.39, 0.29) is 12.5 Å². The van der Waals surface area contributed by atoms with Crippen molar-refractivity contribution >= 4 is 22.9 Å². The minimum Gasteiger partial charge on any atom is -0.392 e. The van der Waals surface area contributed by atoms with Crippen LogP contribution in [0.2, 0.25) is 0 Å². The second kappa shape index (κ2) is 7.38. The number of thiophene rings is 1. The van der Waals surface area contributed by atoms with Crippen LogP contribution in [0.4, 0.5) is 5.69 Å². The Bertz CT molecular complexity index is 619. The summed E-state index contributed by atoms with van der Waals surface area (Å²) < 4.78 is 0. The fourth-order valence-corrected chi connectivity index (χ4v) is 3.32. The summed E-state index contributed by atoms with van der Waals surface area (Å²) in [7, 11) is 0. The summed E-state index contributed by atoms with van der Waals surface area (Å²) in [6, 6.07) is 9.51. The van der Waals surface area contributed by atoms with Crippen LogP contribution in [0.25, 0.3) is 0 Å². The predicted octanol–water partition coefficient (Wildman–Crippen LogP) is 3.82. The van der Waals surface area contributed by atoms with Crippen LogP contribution in [-0.2, 0) is 17.8 Å². The zero-order valence-electron chi connectivity index (χ0n) is 12.5. The van der Waals surface area contributed by atoms with Crippen molar-refractivity contribution in [2.45, 2.75) is 39.7 Å². The Morgan fingerprint density at radius 1 is 1.29 bits per heavy atom. The van der Waals surface area contributed by atoms with Gasteiger partial charge < -0.3 is 10.4 Å². The van der Waals surface area contributed by atoms with Crippen LogP contribution in [0.15, 0.2) is 30.3 Å². The number of aryl methyl sites for hydroxylation is 3. The van der Waals surface area contributed by atoms with Crippen LogP contribution < -0.4 is 5.32 Å². The maximum absolute atomic E-state index is 11.9. The van der Waals surface area contributed by atoms with Gasteiger partial charge in [0.25, 0.3) is 0 Å². The number of benzene rings is 1. The Labute approximate surface area is 129 Å². The lowest BCUT2D eigenvalue weighted by Gasteiger charge is -2.06. The summed E-state index contributed by atoms with van der Waals surface area (Å²) in [6.45, 7) is 4.23. The first kappa shape index (κ1) is 15.7. The number of carbonyl (C=O) groups excluding carboxylic acids is 1. The van der Waals surface area contributed by atoms with Crippen LogP contribution in [-0.4, -0.2) is 11.0 Å². The van der Waals surface area contributed by atoms with Crippen molar-refractivity contribution in [3.8, 4) is 0 Å². The van der Waals surface area contributed by atoms with Crippen molar-refractivity contribution in [3.05, 3.63) is 51.2 Å². The topological polar surface area (TPSA) is 49.3 Å². The molecule has 0 aliphatic carbocycles. The number of aliphatic hydroxyl groups is 1. The minimum atomic E-state index is -0.0134. The van der Waals surface area contributed by atoms with Crippen LogP contribution in [0.5, 0.6) is 0 Å². The maximum Gasteiger partial charge on any atom is 0.224 e. The van der Waals surface area contributed by atoms with E-state index in [0.717, 1.165) is 24.1 Å². The molecule has 1 amide bonds. The summed E-state index contributed by atoms with van der Waals surface area (Å²) in [6.07, 6.45) is 2.31. The van der Waals surface area contributed by atoms with Gasteiger partial charge >= 0.3 is 0 Å². The van der Waals surface area contributed by atoms with Gasteiger partial charge in [0.15, 0.2) is 0 Å². The first-order chi connectivity index (χ1) is 10.1. The van der Waals surface area contributed by atoms with Crippen LogP contribution >= 0.6 is 11.3 Å². The summed E-state index contributed by atoms with van der Waals surface area (Å²) in [5, 5.41) is 12.0. The van der Waals surface area contributed by atoms with Gasteiger partial charge in [-0.3, -0.25) is 4.79 Å². The average Bonchev–Trinajstić information content (AvgIpc) is 2.77. The first-order valence-corrected chi connectivity index (χ1v) is 7.95. The Morgan fingerprint density at radius 3 is 2.76 bits per heavy atom. The van der Waals surface area contributed by atoms with Gasteiger partial charge in [0.2, 0.25) is 5.91 Å². The lowest BCUT2D eigenvalue weighted by molar-refractivity contribution is -0.116. The Kier molecular flexibility index (Phi) is 5.53. The molecule has 0 bridgehead atoms. The summed E-state index contributed by atoms with van der Waals surface area (Å²) in [4.78, 5) is 14.6. The number of hydrogen-bond donors (Lipinski definition) is 2. The monoisotopic (exact) mass is 303 g/mol. The lowest BCUT2D eigenvalue weighted by Crippen LogP contribution is -2.11. The summed E-state index contributed by atoms with van der Waals surface area (Å²) >= 11 is 1.81. The molecule has 1 aromatic carbocycles. The number of rotatable bonds is 6. The number of anilines is 1. The molecule has 4 heteroatoms. The molecule has 0 fully saturated rings. The van der Waals surface area contributed by atoms with E-state index in [2.05, 4.69) is 25.2 Å². The third-order valence-electron chi connectivity index (χ3n) is 3.39. The Morgan fingerprint density at radius 2 is 2.10 bits per heavy atom. The number of carbonyl (C=O) groups is 1. The van der Waals surface area contributed by atoms with Crippen LogP contribution in [0.1, 0.15) is 33.7 Å². The van der Waals surface area contributed by atoms with E-state index in [1.807, 2.05) is 29.5 Å². The number of aliphatic hydroxyl groups excluding tert-OH is 1. The summed E-state index contributed by atoms with van der Waals surface area (Å²) in [5.74, 6) is 0.0229. The molecule has 0 unspecified atom stereocenters. The molecule has 3 nitrogen and oxygen atoms in total. The predicted molar refractivity (Wildman–Crippen MR) is 87.7 cm³/mol. The highest BCUT2D eigenvalue weighted by Crippen LogP contribution is 2.22. The zero-order chi connectivity index (χ0) is 15.2. The normalized spacial score (nSPS) is 10.6. The second-order valence-corrected chi connectivity index (χ2v) is 6.66. The van der Waals surface area contributed by atoms with Gasteiger partial charge in [0.05, 0.1) is 6.61 Å². The Balaban J connectivity index is 1.80. The summed E-state index contributed by atoms with van der Waals surface area (Å²) in [5.41, 5.74) is 2.90. The van der Waals surface area contributed by atoms with Gasteiger partial charge in [-0.05, 0) is 56.0 Å². The van der Waals surface area contributed by atoms with E-state index >= 15 is 0 Å². The molecule has 2 aromatic rings. The Hall–Kier alpha value is -1.65. The van der Waals surface area contributed by atoms with Gasteiger partial charge in [-0.2, -0.15) is 0 Å². The quantitative estimate of drug-likeness (QED) is 0.852. The van der Waals surface area contributed by atoms with Gasteiger partial charge in [-0.1, -0.05) is 12.1 Å². The molecule has 1 heterocycles. The molecule has 0 saturated carbocycles. The van der Waals surface area contributed by atoms with Crippen LogP contribution in [0, 0.1) is 13.8 Å². The molecule has 0 aliphatic rings. The van der Waals surface area contributed by atoms with Gasteiger partial charge in [0.1, 0.15) is 0 Å². The third kappa shape index (κ3) is 4.69. The molecule has 112 valence electrons. The fraction of sp³-hybridized carbons (Fsp3) is 0.353. The molecule has 0 saturated heterocycles. The van der Waals surface area contributed by atoms with E-state index in [4.69, 9.17) is 5.11 Å². The van der Waals surface area contributed by atoms with Gasteiger partial charge in [0, 0.05) is 21.9 Å². The van der Waals surface area contributed by atoms with Crippen molar-refractivity contribution in [2.75, 3.05) is 5.32 Å². The molecule has 0 atom stereocenters. The fourth-order valence-electron chi connectivity index (χ4n) is 2.34. The first-order valence-electron chi connectivity index (χ1n) is 7.14. The zero-order valence-corrected chi connectivity index (χ0v) is 13.3. The van der Waals surface area contributed by atoms with Crippen LogP contribution in [0.3, 0.4) is 0 Å². The molecular weight excluding hydrogens is 282 g/mol. The molecule has 0 spiro atoms. The molecule has 0 aliphatic heterocycles. The lowest BCUT2D eigenvalue weighted by atomic mass is 10.1. The van der Waals surface area contributed by atoms with E-state index in [1.54, 1.807) is 6.07 Å². The molecule has 21 heavy (non-hydrogen) atoms.